The van der Waals surface area contributed by atoms with Crippen LogP contribution < -0.4 is 34.7 Å². The Bertz CT molecular complexity index is 90.2. The van der Waals surface area contributed by atoms with Gasteiger partial charge in [-0.15, -0.1) is 0 Å². The van der Waals surface area contributed by atoms with E-state index in [4.69, 9.17) is 0 Å². The average molecular weight is 127 g/mol. The van der Waals surface area contributed by atoms with Crippen molar-refractivity contribution >= 4 is 5.97 Å². The van der Waals surface area contributed by atoms with Crippen molar-refractivity contribution < 1.29 is 44.4 Å². The monoisotopic (exact) mass is 127 g/mol. The summed E-state index contributed by atoms with van der Waals surface area (Å²) in [4.78, 5) is 17.5. The summed E-state index contributed by atoms with van der Waals surface area (Å²) >= 11 is 0. The number of carboxylic acid groups (broad SMARTS) is 1. The zero-order valence-electron chi connectivity index (χ0n) is 4.29. The quantitative estimate of drug-likeness (QED) is 0.211. The minimum atomic E-state index is -1.66. The number of carbonyl (C=O) groups excluding carboxylic acids is 1. The third-order valence-electron chi connectivity index (χ3n) is 0.258. The van der Waals surface area contributed by atoms with Gasteiger partial charge in [-0.2, -0.15) is 0 Å². The number of carbonyl (C=O) groups is 1. The van der Waals surface area contributed by atoms with Crippen LogP contribution in [0.5, 0.6) is 0 Å². The summed E-state index contributed by atoms with van der Waals surface area (Å²) in [6.07, 6.45) is 0. The van der Waals surface area contributed by atoms with Gasteiger partial charge >= 0.3 is 29.6 Å². The molecule has 0 unspecified atom stereocenters. The van der Waals surface area contributed by atoms with Gasteiger partial charge in [-0.05, 0) is 0 Å². The first-order valence-corrected chi connectivity index (χ1v) is 1.44. The molecule has 5 nitrogen and oxygen atoms in total. The maximum atomic E-state index is 9.26. The predicted octanol–water partition coefficient (Wildman–Crippen LogP) is -4.98. The molecule has 0 radical (unpaired) electrons. The summed E-state index contributed by atoms with van der Waals surface area (Å²) in [5.74, 6) is -1.66. The minimum absolute atomic E-state index is 0. The van der Waals surface area contributed by atoms with Crippen LogP contribution in [0, 0.1) is 10.1 Å². The van der Waals surface area contributed by atoms with E-state index < -0.39 is 17.4 Å². The molecule has 0 heterocycles. The Morgan fingerprint density at radius 2 is 2.00 bits per heavy atom. The van der Waals surface area contributed by atoms with E-state index in [1.54, 1.807) is 0 Å². The first-order valence-electron chi connectivity index (χ1n) is 1.44. The van der Waals surface area contributed by atoms with Crippen molar-refractivity contribution in [3.63, 3.8) is 0 Å². The maximum Gasteiger partial charge on any atom is 1.00 e. The van der Waals surface area contributed by atoms with Crippen molar-refractivity contribution in [3.05, 3.63) is 10.1 Å². The number of carboxylic acids is 1. The molecular weight excluding hydrogens is 125 g/mol. The number of aliphatic carboxylic acids is 1. The number of hydrogen-bond acceptors (Lipinski definition) is 4. The molecule has 0 N–H and O–H groups in total. The molecule has 0 saturated carbocycles. The van der Waals surface area contributed by atoms with Crippen LogP contribution in [-0.4, -0.2) is 17.4 Å². The molecular formula is C2H2NNaO4. The van der Waals surface area contributed by atoms with E-state index in [-0.39, 0.29) is 29.6 Å². The second kappa shape index (κ2) is 5.02. The van der Waals surface area contributed by atoms with Gasteiger partial charge in [0.25, 0.3) is 0 Å². The first-order chi connectivity index (χ1) is 3.13. The van der Waals surface area contributed by atoms with Gasteiger partial charge in [-0.1, -0.05) is 0 Å². The van der Waals surface area contributed by atoms with Gasteiger partial charge in [0.05, 0.1) is 0 Å². The van der Waals surface area contributed by atoms with Gasteiger partial charge in [-0.3, -0.25) is 10.1 Å². The number of hydrogen-bond donors (Lipinski definition) is 0. The van der Waals surface area contributed by atoms with E-state index in [0.29, 0.717) is 0 Å². The van der Waals surface area contributed by atoms with Gasteiger partial charge in [0.15, 0.2) is 0 Å². The van der Waals surface area contributed by atoms with Crippen LogP contribution in [0.4, 0.5) is 0 Å². The molecule has 0 bridgehead atoms. The van der Waals surface area contributed by atoms with Gasteiger partial charge < -0.3 is 9.90 Å². The second-order valence-corrected chi connectivity index (χ2v) is 0.863. The molecule has 0 atom stereocenters. The fourth-order valence-corrected chi connectivity index (χ4v) is 0.105. The molecule has 0 spiro atoms. The number of nitrogens with zero attached hydrogens (tertiary/aromatic N) is 1. The summed E-state index contributed by atoms with van der Waals surface area (Å²) in [6, 6.07) is 0. The van der Waals surface area contributed by atoms with Crippen LogP contribution in [0.2, 0.25) is 0 Å². The summed E-state index contributed by atoms with van der Waals surface area (Å²) < 4.78 is 0. The molecule has 0 aromatic heterocycles. The van der Waals surface area contributed by atoms with E-state index in [0.717, 1.165) is 0 Å². The van der Waals surface area contributed by atoms with E-state index in [1.165, 1.54) is 0 Å². The van der Waals surface area contributed by atoms with Crippen LogP contribution in [0.25, 0.3) is 0 Å². The van der Waals surface area contributed by atoms with E-state index in [9.17, 15) is 20.0 Å². The summed E-state index contributed by atoms with van der Waals surface area (Å²) in [7, 11) is 0. The molecule has 0 aromatic carbocycles. The molecule has 6 heteroatoms. The van der Waals surface area contributed by atoms with Crippen LogP contribution in [0.3, 0.4) is 0 Å². The SMILES string of the molecule is O=C([O-])C[N+](=O)[O-].[Na+]. The van der Waals surface area contributed by atoms with Crippen molar-refractivity contribution in [1.82, 2.24) is 0 Å². The Kier molecular flexibility index (Phi) is 6.76. The van der Waals surface area contributed by atoms with E-state index in [1.807, 2.05) is 0 Å². The van der Waals surface area contributed by atoms with Crippen LogP contribution in [0.15, 0.2) is 0 Å². The van der Waals surface area contributed by atoms with Crippen LogP contribution in [-0.2, 0) is 4.79 Å². The Labute approximate surface area is 67.1 Å². The third-order valence-corrected chi connectivity index (χ3v) is 0.258. The summed E-state index contributed by atoms with van der Waals surface area (Å²) in [5.41, 5.74) is 0. The van der Waals surface area contributed by atoms with Crippen molar-refractivity contribution in [1.29, 1.82) is 0 Å². The minimum Gasteiger partial charge on any atom is -0.543 e. The van der Waals surface area contributed by atoms with Crippen LogP contribution in [0.1, 0.15) is 0 Å². The largest absolute Gasteiger partial charge is 1.00 e. The molecule has 0 aromatic rings. The standard InChI is InChI=1S/C2H3NO4.Na/c4-2(5)1-3(6)7;/h1H2,(H,4,5);/q;+1/p-1. The van der Waals surface area contributed by atoms with Gasteiger partial charge in [0.2, 0.25) is 6.54 Å². The topological polar surface area (TPSA) is 83.3 Å². The normalized spacial score (nSPS) is 7.00. The zero-order valence-corrected chi connectivity index (χ0v) is 6.29. The van der Waals surface area contributed by atoms with Gasteiger partial charge in [0, 0.05) is 4.92 Å². The molecule has 0 aliphatic heterocycles. The van der Waals surface area contributed by atoms with Crippen LogP contribution >= 0.6 is 0 Å². The Hall–Kier alpha value is -0.130. The van der Waals surface area contributed by atoms with Crippen molar-refractivity contribution in [3.8, 4) is 0 Å². The fourth-order valence-electron chi connectivity index (χ4n) is 0.105. The average Bonchev–Trinajstić information content (AvgIpc) is 1.27. The molecule has 0 fully saturated rings. The second-order valence-electron chi connectivity index (χ2n) is 0.863. The Balaban J connectivity index is 0. The smallest absolute Gasteiger partial charge is 0.543 e. The predicted molar refractivity (Wildman–Crippen MR) is 16.9 cm³/mol. The number of rotatable bonds is 2. The third kappa shape index (κ3) is 9.30. The van der Waals surface area contributed by atoms with E-state index >= 15 is 0 Å². The molecule has 0 amide bonds. The maximum absolute atomic E-state index is 9.26. The Morgan fingerprint density at radius 3 is 2.00 bits per heavy atom. The summed E-state index contributed by atoms with van der Waals surface area (Å²) in [5, 5.41) is 18.5. The molecule has 0 aliphatic rings. The van der Waals surface area contributed by atoms with Crippen molar-refractivity contribution in [2.45, 2.75) is 0 Å². The van der Waals surface area contributed by atoms with Crippen molar-refractivity contribution in [2.24, 2.45) is 0 Å². The van der Waals surface area contributed by atoms with Gasteiger partial charge in [-0.25, -0.2) is 0 Å². The molecule has 0 rings (SSSR count). The zero-order chi connectivity index (χ0) is 5.86. The molecule has 40 valence electrons. The van der Waals surface area contributed by atoms with Gasteiger partial charge in [0.1, 0.15) is 5.97 Å². The number of nitro groups is 1. The fraction of sp³-hybridized carbons (Fsp3) is 0.500. The molecule has 0 saturated heterocycles. The van der Waals surface area contributed by atoms with E-state index in [2.05, 4.69) is 0 Å². The first kappa shape index (κ1) is 10.8. The Morgan fingerprint density at radius 1 is 1.62 bits per heavy atom. The summed E-state index contributed by atoms with van der Waals surface area (Å²) in [6.45, 7) is -1.11. The van der Waals surface area contributed by atoms with Crippen molar-refractivity contribution in [2.75, 3.05) is 6.54 Å². The molecule has 8 heavy (non-hydrogen) atoms. The molecule has 0 aliphatic carbocycles.